The lowest BCUT2D eigenvalue weighted by Crippen LogP contribution is -2.23. The maximum absolute atomic E-state index is 13.9. The molecule has 0 saturated carbocycles. The van der Waals surface area contributed by atoms with Gasteiger partial charge in [0.15, 0.2) is 36.0 Å². The minimum Gasteiger partial charge on any atom is -0.392 e. The van der Waals surface area contributed by atoms with Crippen LogP contribution in [0.5, 0.6) is 0 Å². The van der Waals surface area contributed by atoms with Gasteiger partial charge in [-0.1, -0.05) is 17.3 Å². The van der Waals surface area contributed by atoms with Gasteiger partial charge in [0.25, 0.3) is 5.91 Å². The number of rotatable bonds is 6. The van der Waals surface area contributed by atoms with Crippen molar-refractivity contribution in [1.29, 1.82) is 0 Å². The van der Waals surface area contributed by atoms with Gasteiger partial charge in [0, 0.05) is 0 Å². The molecular weight excluding hydrogens is 397 g/mol. The number of alkyl halides is 1. The van der Waals surface area contributed by atoms with Crippen LogP contribution in [0.2, 0.25) is 0 Å². The molecule has 2 aromatic rings. The number of nitrogens with one attached hydrogen (secondary N) is 1. The van der Waals surface area contributed by atoms with Gasteiger partial charge in [-0.25, -0.2) is 30.7 Å². The Balaban J connectivity index is 2.04. The summed E-state index contributed by atoms with van der Waals surface area (Å²) in [5.41, 5.74) is -2.08. The van der Waals surface area contributed by atoms with E-state index >= 15 is 0 Å². The Bertz CT molecular complexity index is 888. The second-order valence-electron chi connectivity index (χ2n) is 5.39. The molecule has 28 heavy (non-hydrogen) atoms. The highest BCUT2D eigenvalue weighted by atomic mass is 19.2. The first-order valence-corrected chi connectivity index (χ1v) is 7.52. The van der Waals surface area contributed by atoms with Gasteiger partial charge in [0.1, 0.15) is 17.2 Å². The number of benzene rings is 2. The molecule has 0 aliphatic carbocycles. The molecule has 150 valence electrons. The highest BCUT2D eigenvalue weighted by Gasteiger charge is 2.27. The standard InChI is InChI=1S/C17H11F7N2O2/c1-7(26-28-6-10(19)8-2-4-9(18)5-3-8)17(27)25-16-14(23)12(21)11(20)13(22)15(16)24/h2-5,10H,6H2,1H3,(H,25,27)/b26-7-. The third-order valence-electron chi connectivity index (χ3n) is 3.43. The minimum absolute atomic E-state index is 0.0695. The van der Waals surface area contributed by atoms with E-state index in [0.717, 1.165) is 31.2 Å². The van der Waals surface area contributed by atoms with E-state index in [1.807, 2.05) is 0 Å². The van der Waals surface area contributed by atoms with E-state index in [1.165, 1.54) is 5.32 Å². The Morgan fingerprint density at radius 3 is 2.00 bits per heavy atom. The van der Waals surface area contributed by atoms with Gasteiger partial charge in [0.05, 0.1) is 0 Å². The summed E-state index contributed by atoms with van der Waals surface area (Å²) in [6.07, 6.45) is -1.73. The summed E-state index contributed by atoms with van der Waals surface area (Å²) in [6.45, 7) is 0.311. The number of carbonyl (C=O) groups excluding carboxylic acids is 1. The van der Waals surface area contributed by atoms with Crippen molar-refractivity contribution in [2.45, 2.75) is 13.1 Å². The topological polar surface area (TPSA) is 50.7 Å². The van der Waals surface area contributed by atoms with Gasteiger partial charge in [-0.3, -0.25) is 4.79 Å². The molecule has 0 aliphatic heterocycles. The summed E-state index contributed by atoms with van der Waals surface area (Å²) in [7, 11) is 0. The zero-order valence-corrected chi connectivity index (χ0v) is 14.0. The Kier molecular flexibility index (Phi) is 6.60. The summed E-state index contributed by atoms with van der Waals surface area (Å²) < 4.78 is 92.8. The van der Waals surface area contributed by atoms with Crippen molar-refractivity contribution >= 4 is 17.3 Å². The van der Waals surface area contributed by atoms with E-state index < -0.39 is 65.0 Å². The average molecular weight is 408 g/mol. The van der Waals surface area contributed by atoms with Crippen LogP contribution in [0.25, 0.3) is 0 Å². The van der Waals surface area contributed by atoms with Gasteiger partial charge in [-0.05, 0) is 24.6 Å². The van der Waals surface area contributed by atoms with Crippen LogP contribution in [0.15, 0.2) is 29.4 Å². The van der Waals surface area contributed by atoms with Gasteiger partial charge < -0.3 is 10.2 Å². The number of carbonyl (C=O) groups is 1. The van der Waals surface area contributed by atoms with Crippen LogP contribution in [0.3, 0.4) is 0 Å². The zero-order chi connectivity index (χ0) is 21.0. The Morgan fingerprint density at radius 1 is 0.964 bits per heavy atom. The molecule has 0 fully saturated rings. The Morgan fingerprint density at radius 2 is 1.46 bits per heavy atom. The molecule has 4 nitrogen and oxygen atoms in total. The zero-order valence-electron chi connectivity index (χ0n) is 14.0. The smallest absolute Gasteiger partial charge is 0.273 e. The highest BCUT2D eigenvalue weighted by Crippen LogP contribution is 2.27. The summed E-state index contributed by atoms with van der Waals surface area (Å²) >= 11 is 0. The van der Waals surface area contributed by atoms with Crippen molar-refractivity contribution in [2.24, 2.45) is 5.16 Å². The molecule has 0 heterocycles. The van der Waals surface area contributed by atoms with E-state index in [1.54, 1.807) is 0 Å². The van der Waals surface area contributed by atoms with Gasteiger partial charge in [-0.2, -0.15) is 0 Å². The Hall–Kier alpha value is -3.11. The number of amides is 1. The van der Waals surface area contributed by atoms with E-state index in [9.17, 15) is 35.5 Å². The number of anilines is 1. The molecule has 0 bridgehead atoms. The van der Waals surface area contributed by atoms with Crippen LogP contribution in [0.4, 0.5) is 36.4 Å². The lowest BCUT2D eigenvalue weighted by atomic mass is 10.1. The first-order chi connectivity index (χ1) is 13.1. The molecule has 0 radical (unpaired) electrons. The molecular formula is C17H11F7N2O2. The number of hydrogen-bond acceptors (Lipinski definition) is 3. The highest BCUT2D eigenvalue weighted by molar-refractivity contribution is 6.42. The first-order valence-electron chi connectivity index (χ1n) is 7.52. The van der Waals surface area contributed by atoms with E-state index in [4.69, 9.17) is 0 Å². The van der Waals surface area contributed by atoms with E-state index in [0.29, 0.717) is 0 Å². The van der Waals surface area contributed by atoms with Gasteiger partial charge in [0.2, 0.25) is 5.82 Å². The molecule has 1 unspecified atom stereocenters. The lowest BCUT2D eigenvalue weighted by Gasteiger charge is -2.10. The Labute approximate surface area is 153 Å². The normalized spacial score (nSPS) is 12.6. The van der Waals surface area contributed by atoms with Crippen molar-refractivity contribution in [3.8, 4) is 0 Å². The number of nitrogens with zero attached hydrogens (tertiary/aromatic N) is 1. The molecule has 1 N–H and O–H groups in total. The van der Waals surface area contributed by atoms with E-state index in [2.05, 4.69) is 9.99 Å². The molecule has 2 aromatic carbocycles. The summed E-state index contributed by atoms with van der Waals surface area (Å²) in [4.78, 5) is 16.4. The molecule has 0 aromatic heterocycles. The van der Waals surface area contributed by atoms with Gasteiger partial charge >= 0.3 is 0 Å². The van der Waals surface area contributed by atoms with Crippen LogP contribution >= 0.6 is 0 Å². The number of oxime groups is 1. The fraction of sp³-hybridized carbons (Fsp3) is 0.176. The van der Waals surface area contributed by atoms with Crippen LogP contribution in [0.1, 0.15) is 18.7 Å². The third kappa shape index (κ3) is 4.59. The average Bonchev–Trinajstić information content (AvgIpc) is 2.68. The summed E-state index contributed by atoms with van der Waals surface area (Å²) in [5, 5.41) is 4.69. The lowest BCUT2D eigenvalue weighted by molar-refractivity contribution is -0.110. The minimum atomic E-state index is -2.38. The van der Waals surface area contributed by atoms with Crippen LogP contribution < -0.4 is 5.32 Å². The fourth-order valence-corrected chi connectivity index (χ4v) is 1.93. The molecule has 0 spiro atoms. The predicted octanol–water partition coefficient (Wildman–Crippen LogP) is 4.56. The molecule has 1 amide bonds. The van der Waals surface area contributed by atoms with Crippen LogP contribution in [0, 0.1) is 34.9 Å². The third-order valence-corrected chi connectivity index (χ3v) is 3.43. The van der Waals surface area contributed by atoms with E-state index in [-0.39, 0.29) is 5.56 Å². The maximum Gasteiger partial charge on any atom is 0.273 e. The molecule has 2 rings (SSSR count). The predicted molar refractivity (Wildman–Crippen MR) is 84.2 cm³/mol. The largest absolute Gasteiger partial charge is 0.392 e. The van der Waals surface area contributed by atoms with Crippen molar-refractivity contribution < 1.29 is 40.4 Å². The molecule has 0 saturated heterocycles. The number of hydrogen-bond donors (Lipinski definition) is 1. The summed E-state index contributed by atoms with van der Waals surface area (Å²) in [5.74, 6) is -13.2. The van der Waals surface area contributed by atoms with Crippen LogP contribution in [-0.4, -0.2) is 18.2 Å². The monoisotopic (exact) mass is 408 g/mol. The molecule has 1 atom stereocenters. The van der Waals surface area contributed by atoms with Crippen molar-refractivity contribution in [3.63, 3.8) is 0 Å². The first kappa shape index (κ1) is 21.2. The molecule has 11 heteroatoms. The second kappa shape index (κ2) is 8.72. The molecule has 0 aliphatic rings. The maximum atomic E-state index is 13.9. The van der Waals surface area contributed by atoms with Crippen molar-refractivity contribution in [2.75, 3.05) is 11.9 Å². The number of halogens is 7. The van der Waals surface area contributed by atoms with Gasteiger partial charge in [-0.15, -0.1) is 0 Å². The fourth-order valence-electron chi connectivity index (χ4n) is 1.93. The summed E-state index contributed by atoms with van der Waals surface area (Å²) in [6, 6.07) is 4.37. The van der Waals surface area contributed by atoms with Crippen molar-refractivity contribution in [3.05, 3.63) is 64.7 Å². The second-order valence-corrected chi connectivity index (χ2v) is 5.39. The van der Waals surface area contributed by atoms with Crippen LogP contribution in [-0.2, 0) is 9.63 Å². The van der Waals surface area contributed by atoms with Crippen molar-refractivity contribution in [1.82, 2.24) is 0 Å². The SMILES string of the molecule is C/C(=N/OCC(F)c1ccc(F)cc1)C(=O)Nc1c(F)c(F)c(F)c(F)c1F. The quantitative estimate of drug-likeness (QED) is 0.251.